The van der Waals surface area contributed by atoms with Gasteiger partial charge in [0.2, 0.25) is 5.91 Å². The molecule has 0 atom stereocenters. The molecule has 9 heteroatoms. The number of nitrogens with one attached hydrogen (secondary N) is 1. The lowest BCUT2D eigenvalue weighted by molar-refractivity contribution is -0.137. The van der Waals surface area contributed by atoms with Gasteiger partial charge in [-0.05, 0) is 56.7 Å². The Morgan fingerprint density at radius 3 is 2.48 bits per heavy atom. The number of rotatable bonds is 7. The number of alkyl halides is 3. The molecule has 0 spiro atoms. The van der Waals surface area contributed by atoms with E-state index in [1.165, 1.54) is 16.8 Å². The normalized spacial score (nSPS) is 11.6. The van der Waals surface area contributed by atoms with Gasteiger partial charge in [-0.15, -0.1) is 5.10 Å². The van der Waals surface area contributed by atoms with E-state index in [9.17, 15) is 18.0 Å². The van der Waals surface area contributed by atoms with E-state index < -0.39 is 11.7 Å². The second-order valence-electron chi connectivity index (χ2n) is 7.22. The minimum atomic E-state index is -4.48. The number of ether oxygens (including phenoxy) is 1. The maximum Gasteiger partial charge on any atom is 0.416 e. The molecule has 31 heavy (non-hydrogen) atoms. The van der Waals surface area contributed by atoms with Crippen LogP contribution in [0, 0.1) is 0 Å². The van der Waals surface area contributed by atoms with Gasteiger partial charge in [0.15, 0.2) is 5.82 Å². The molecule has 0 saturated carbocycles. The molecule has 0 aliphatic carbocycles. The highest BCUT2D eigenvalue weighted by Gasteiger charge is 2.31. The maximum atomic E-state index is 13.2. The van der Waals surface area contributed by atoms with Crippen molar-refractivity contribution in [2.75, 3.05) is 5.32 Å². The van der Waals surface area contributed by atoms with Gasteiger partial charge >= 0.3 is 12.2 Å². The quantitative estimate of drug-likeness (QED) is 0.537. The van der Waals surface area contributed by atoms with Crippen molar-refractivity contribution in [1.82, 2.24) is 14.8 Å². The third kappa shape index (κ3) is 5.62. The Labute approximate surface area is 178 Å². The molecule has 3 rings (SSSR count). The van der Waals surface area contributed by atoms with Crippen LogP contribution in [-0.2, 0) is 11.0 Å². The first-order chi connectivity index (χ1) is 14.7. The standard InChI is InChI=1S/C22H23F3N4O2/c1-4-6-19(30)26-17-9-11-18(12-10-17)29-20(27-21(28-29)31-14(2)3)15-7-5-8-16(13-15)22(23,24)25/h5,7-14H,4,6H2,1-3H3,(H,26,30). The number of hydrogen-bond donors (Lipinski definition) is 1. The summed E-state index contributed by atoms with van der Waals surface area (Å²) in [5.74, 6) is 0.123. The van der Waals surface area contributed by atoms with Crippen molar-refractivity contribution in [3.05, 3.63) is 54.1 Å². The van der Waals surface area contributed by atoms with E-state index in [1.54, 1.807) is 38.1 Å². The van der Waals surface area contributed by atoms with Gasteiger partial charge in [0, 0.05) is 17.7 Å². The monoisotopic (exact) mass is 432 g/mol. The van der Waals surface area contributed by atoms with Crippen molar-refractivity contribution in [3.63, 3.8) is 0 Å². The fourth-order valence-electron chi connectivity index (χ4n) is 2.89. The predicted octanol–water partition coefficient (Wildman–Crippen LogP) is 5.48. The lowest BCUT2D eigenvalue weighted by Crippen LogP contribution is -2.10. The fraction of sp³-hybridized carbons (Fsp3) is 0.318. The van der Waals surface area contributed by atoms with Crippen LogP contribution in [0.3, 0.4) is 0 Å². The Hall–Kier alpha value is -3.36. The van der Waals surface area contributed by atoms with Crippen molar-refractivity contribution in [2.45, 2.75) is 45.9 Å². The third-order valence-corrected chi connectivity index (χ3v) is 4.25. The number of benzene rings is 2. The van der Waals surface area contributed by atoms with Crippen molar-refractivity contribution in [3.8, 4) is 23.1 Å². The molecule has 2 aromatic carbocycles. The van der Waals surface area contributed by atoms with Gasteiger partial charge in [-0.3, -0.25) is 4.79 Å². The number of aromatic nitrogens is 3. The van der Waals surface area contributed by atoms with Gasteiger partial charge in [-0.2, -0.15) is 18.2 Å². The van der Waals surface area contributed by atoms with Gasteiger partial charge < -0.3 is 10.1 Å². The van der Waals surface area contributed by atoms with E-state index >= 15 is 0 Å². The van der Waals surface area contributed by atoms with Crippen LogP contribution < -0.4 is 10.1 Å². The molecule has 3 aromatic rings. The van der Waals surface area contributed by atoms with E-state index in [4.69, 9.17) is 4.74 Å². The zero-order valence-corrected chi connectivity index (χ0v) is 17.4. The number of halogens is 3. The molecule has 6 nitrogen and oxygen atoms in total. The van der Waals surface area contributed by atoms with Crippen molar-refractivity contribution in [1.29, 1.82) is 0 Å². The lowest BCUT2D eigenvalue weighted by Gasteiger charge is -2.10. The minimum Gasteiger partial charge on any atom is -0.460 e. The Balaban J connectivity index is 2.00. The average Bonchev–Trinajstić information content (AvgIpc) is 3.11. The van der Waals surface area contributed by atoms with Crippen LogP contribution in [0.4, 0.5) is 18.9 Å². The number of carbonyl (C=O) groups excluding carboxylic acids is 1. The summed E-state index contributed by atoms with van der Waals surface area (Å²) >= 11 is 0. The van der Waals surface area contributed by atoms with Crippen molar-refractivity contribution < 1.29 is 22.7 Å². The lowest BCUT2D eigenvalue weighted by atomic mass is 10.1. The van der Waals surface area contributed by atoms with Gasteiger partial charge in [-0.1, -0.05) is 19.1 Å². The highest BCUT2D eigenvalue weighted by molar-refractivity contribution is 5.90. The van der Waals surface area contributed by atoms with E-state index in [-0.39, 0.29) is 29.4 Å². The number of amides is 1. The van der Waals surface area contributed by atoms with Crippen LogP contribution in [0.2, 0.25) is 0 Å². The van der Waals surface area contributed by atoms with Gasteiger partial charge in [0.05, 0.1) is 17.4 Å². The van der Waals surface area contributed by atoms with Crippen LogP contribution in [0.1, 0.15) is 39.2 Å². The Kier molecular flexibility index (Phi) is 6.62. The average molecular weight is 432 g/mol. The summed E-state index contributed by atoms with van der Waals surface area (Å²) in [6.45, 7) is 5.52. The molecule has 1 heterocycles. The van der Waals surface area contributed by atoms with Crippen LogP contribution in [0.15, 0.2) is 48.5 Å². The van der Waals surface area contributed by atoms with Crippen LogP contribution in [-0.4, -0.2) is 26.8 Å². The largest absolute Gasteiger partial charge is 0.460 e. The van der Waals surface area contributed by atoms with Gasteiger partial charge in [0.25, 0.3) is 0 Å². The molecule has 1 aromatic heterocycles. The maximum absolute atomic E-state index is 13.2. The summed E-state index contributed by atoms with van der Waals surface area (Å²) in [6, 6.07) is 11.7. The molecule has 164 valence electrons. The zero-order valence-electron chi connectivity index (χ0n) is 17.4. The highest BCUT2D eigenvalue weighted by atomic mass is 19.4. The van der Waals surface area contributed by atoms with Crippen LogP contribution in [0.25, 0.3) is 17.1 Å². The SMILES string of the molecule is CCCC(=O)Nc1ccc(-n2nc(OC(C)C)nc2-c2cccc(C(F)(F)F)c2)cc1. The number of nitrogens with zero attached hydrogens (tertiary/aromatic N) is 3. The first-order valence-corrected chi connectivity index (χ1v) is 9.89. The Morgan fingerprint density at radius 2 is 1.87 bits per heavy atom. The molecule has 0 aliphatic heterocycles. The second kappa shape index (κ2) is 9.20. The molecule has 0 radical (unpaired) electrons. The van der Waals surface area contributed by atoms with E-state index in [0.29, 0.717) is 17.8 Å². The molecule has 0 fully saturated rings. The van der Waals surface area contributed by atoms with E-state index in [0.717, 1.165) is 18.6 Å². The van der Waals surface area contributed by atoms with Crippen molar-refractivity contribution in [2.24, 2.45) is 0 Å². The molecule has 0 saturated heterocycles. The molecular weight excluding hydrogens is 409 g/mol. The van der Waals surface area contributed by atoms with Gasteiger partial charge in [-0.25, -0.2) is 4.68 Å². The molecular formula is C22H23F3N4O2. The number of carbonyl (C=O) groups is 1. The third-order valence-electron chi connectivity index (χ3n) is 4.25. The molecule has 0 bridgehead atoms. The highest BCUT2D eigenvalue weighted by Crippen LogP contribution is 2.33. The predicted molar refractivity (Wildman–Crippen MR) is 111 cm³/mol. The smallest absolute Gasteiger partial charge is 0.416 e. The first-order valence-electron chi connectivity index (χ1n) is 9.89. The van der Waals surface area contributed by atoms with E-state index in [2.05, 4.69) is 15.4 Å². The molecule has 1 amide bonds. The summed E-state index contributed by atoms with van der Waals surface area (Å²) in [6.07, 6.45) is -3.53. The summed E-state index contributed by atoms with van der Waals surface area (Å²) in [5.41, 5.74) is 0.648. The minimum absolute atomic E-state index is 0.0581. The van der Waals surface area contributed by atoms with Crippen LogP contribution >= 0.6 is 0 Å². The summed E-state index contributed by atoms with van der Waals surface area (Å²) in [7, 11) is 0. The Bertz CT molecular complexity index is 1040. The van der Waals surface area contributed by atoms with E-state index in [1.807, 2.05) is 6.92 Å². The first kappa shape index (κ1) is 22.3. The van der Waals surface area contributed by atoms with Gasteiger partial charge in [0.1, 0.15) is 0 Å². The summed E-state index contributed by atoms with van der Waals surface area (Å²) in [4.78, 5) is 16.1. The zero-order chi connectivity index (χ0) is 22.6. The van der Waals surface area contributed by atoms with Crippen molar-refractivity contribution >= 4 is 11.6 Å². The molecule has 0 unspecified atom stereocenters. The fourth-order valence-corrected chi connectivity index (χ4v) is 2.89. The molecule has 0 aliphatic rings. The molecule has 1 N–H and O–H groups in total. The number of hydrogen-bond acceptors (Lipinski definition) is 4. The van der Waals surface area contributed by atoms with Crippen LogP contribution in [0.5, 0.6) is 6.01 Å². The summed E-state index contributed by atoms with van der Waals surface area (Å²) in [5, 5.41) is 7.11. The topological polar surface area (TPSA) is 69.0 Å². The Morgan fingerprint density at radius 1 is 1.16 bits per heavy atom. The second-order valence-corrected chi connectivity index (χ2v) is 7.22. The summed E-state index contributed by atoms with van der Waals surface area (Å²) < 4.78 is 46.5. The number of anilines is 1.